The van der Waals surface area contributed by atoms with E-state index in [9.17, 15) is 14.4 Å². The Hall–Kier alpha value is -4.50. The number of aromatic nitrogens is 2. The second-order valence-electron chi connectivity index (χ2n) is 10.8. The molecule has 0 fully saturated rings. The predicted octanol–water partition coefficient (Wildman–Crippen LogP) is 5.20. The van der Waals surface area contributed by atoms with Crippen LogP contribution in [0.3, 0.4) is 0 Å². The van der Waals surface area contributed by atoms with E-state index in [-0.39, 0.29) is 24.1 Å². The van der Waals surface area contributed by atoms with Gasteiger partial charge in [0.05, 0.1) is 28.5 Å². The van der Waals surface area contributed by atoms with Crippen molar-refractivity contribution in [3.05, 3.63) is 114 Å². The predicted molar refractivity (Wildman–Crippen MR) is 168 cm³/mol. The number of Topliss-reactive ketones (excluding diaryl/α,β-unsaturated/α-hetero) is 1. The Morgan fingerprint density at radius 2 is 1.81 bits per heavy atom. The number of carbonyl (C=O) groups excluding carboxylic acids is 2. The Bertz CT molecular complexity index is 1960. The fourth-order valence-electron chi connectivity index (χ4n) is 5.49. The van der Waals surface area contributed by atoms with Crippen LogP contribution in [-0.2, 0) is 9.53 Å². The molecule has 222 valence electrons. The molecule has 2 aromatic carbocycles. The standard InChI is InChI=1S/C34H35N3O5S/c1-8-41-33(40)30-21(5)35-34-37(31(30)27-14-9-10-15-28(27)42-19(2)3)32(39)29(43-34)18-25-16-20(4)36(22(25)6)26-13-11-12-24(17-26)23(7)38/h9-19,31H,8H2,1-7H3/b29-18+/t31-/m1/s1. The number of aryl methyl sites for hydroxylation is 1. The van der Waals surface area contributed by atoms with Crippen molar-refractivity contribution in [2.45, 2.75) is 60.6 Å². The zero-order chi connectivity index (χ0) is 31.0. The number of hydrogen-bond donors (Lipinski definition) is 0. The van der Waals surface area contributed by atoms with Gasteiger partial charge in [0.25, 0.3) is 5.56 Å². The summed E-state index contributed by atoms with van der Waals surface area (Å²) in [6.45, 7) is 13.1. The molecule has 4 aromatic rings. The fraction of sp³-hybridized carbons (Fsp3) is 0.294. The number of ketones is 1. The number of rotatable bonds is 8. The summed E-state index contributed by atoms with van der Waals surface area (Å²) >= 11 is 1.28. The van der Waals surface area contributed by atoms with Crippen LogP contribution in [0, 0.1) is 13.8 Å². The molecule has 9 heteroatoms. The van der Waals surface area contributed by atoms with Gasteiger partial charge in [0.15, 0.2) is 10.6 Å². The summed E-state index contributed by atoms with van der Waals surface area (Å²) in [5.74, 6) is 0.0710. The molecule has 0 saturated carbocycles. The van der Waals surface area contributed by atoms with E-state index in [1.165, 1.54) is 11.3 Å². The number of esters is 1. The van der Waals surface area contributed by atoms with E-state index in [1.807, 2.05) is 82.3 Å². The van der Waals surface area contributed by atoms with E-state index in [4.69, 9.17) is 14.5 Å². The molecule has 0 N–H and O–H groups in total. The lowest BCUT2D eigenvalue weighted by molar-refractivity contribution is -0.139. The topological polar surface area (TPSA) is 91.9 Å². The molecular weight excluding hydrogens is 562 g/mol. The molecule has 1 atom stereocenters. The van der Waals surface area contributed by atoms with Crippen LogP contribution in [0.5, 0.6) is 5.75 Å². The molecule has 5 rings (SSSR count). The molecule has 0 spiro atoms. The van der Waals surface area contributed by atoms with Crippen LogP contribution in [0.2, 0.25) is 0 Å². The van der Waals surface area contributed by atoms with E-state index >= 15 is 0 Å². The van der Waals surface area contributed by atoms with Crippen LogP contribution >= 0.6 is 11.3 Å². The van der Waals surface area contributed by atoms with Crippen molar-refractivity contribution < 1.29 is 19.1 Å². The fourth-order valence-corrected chi connectivity index (χ4v) is 6.53. The van der Waals surface area contributed by atoms with Crippen molar-refractivity contribution in [1.29, 1.82) is 0 Å². The Kier molecular flexibility index (Phi) is 8.37. The average molecular weight is 598 g/mol. The SMILES string of the molecule is CCOC(=O)C1=C(C)N=c2s/c(=C/c3cc(C)n(-c4cccc(C(C)=O)c4)c3C)c(=O)n2[C@@H]1c1ccccc1OC(C)C. The van der Waals surface area contributed by atoms with Gasteiger partial charge >= 0.3 is 5.97 Å². The molecule has 1 aliphatic heterocycles. The molecular formula is C34H35N3O5S. The van der Waals surface area contributed by atoms with Gasteiger partial charge in [0.2, 0.25) is 0 Å². The van der Waals surface area contributed by atoms with Gasteiger partial charge in [0.1, 0.15) is 11.8 Å². The molecule has 8 nitrogen and oxygen atoms in total. The molecule has 1 aliphatic rings. The summed E-state index contributed by atoms with van der Waals surface area (Å²) in [5, 5.41) is 0. The molecule has 0 saturated heterocycles. The summed E-state index contributed by atoms with van der Waals surface area (Å²) in [5.41, 5.74) is 5.51. The number of fused-ring (bicyclic) bond motifs is 1. The minimum Gasteiger partial charge on any atom is -0.491 e. The number of carbonyl (C=O) groups is 2. The summed E-state index contributed by atoms with van der Waals surface area (Å²) < 4.78 is 15.7. The Morgan fingerprint density at radius 1 is 1.07 bits per heavy atom. The zero-order valence-corrected chi connectivity index (χ0v) is 26.2. The van der Waals surface area contributed by atoms with Crippen LogP contribution in [-0.4, -0.2) is 33.6 Å². The van der Waals surface area contributed by atoms with Gasteiger partial charge in [-0.25, -0.2) is 9.79 Å². The molecule has 0 aliphatic carbocycles. The zero-order valence-electron chi connectivity index (χ0n) is 25.4. The Balaban J connectivity index is 1.70. The number of ether oxygens (including phenoxy) is 2. The highest BCUT2D eigenvalue weighted by atomic mass is 32.1. The van der Waals surface area contributed by atoms with Gasteiger partial charge in [-0.3, -0.25) is 14.2 Å². The first kappa shape index (κ1) is 30.0. The second-order valence-corrected chi connectivity index (χ2v) is 11.8. The van der Waals surface area contributed by atoms with Crippen molar-refractivity contribution in [3.63, 3.8) is 0 Å². The van der Waals surface area contributed by atoms with E-state index in [0.717, 1.165) is 22.6 Å². The molecule has 0 bridgehead atoms. The lowest BCUT2D eigenvalue weighted by atomic mass is 9.95. The lowest BCUT2D eigenvalue weighted by Crippen LogP contribution is -2.40. The van der Waals surface area contributed by atoms with Crippen LogP contribution in [0.25, 0.3) is 11.8 Å². The van der Waals surface area contributed by atoms with Crippen LogP contribution < -0.4 is 19.6 Å². The minimum absolute atomic E-state index is 0.00181. The largest absolute Gasteiger partial charge is 0.491 e. The third kappa shape index (κ3) is 5.64. The van der Waals surface area contributed by atoms with Crippen molar-refractivity contribution >= 4 is 29.2 Å². The molecule has 2 aromatic heterocycles. The number of allylic oxidation sites excluding steroid dienone is 1. The third-order valence-electron chi connectivity index (χ3n) is 7.36. The number of para-hydroxylation sites is 1. The average Bonchev–Trinajstić information content (AvgIpc) is 3.41. The molecule has 3 heterocycles. The number of benzene rings is 2. The van der Waals surface area contributed by atoms with Crippen LogP contribution in [0.4, 0.5) is 0 Å². The van der Waals surface area contributed by atoms with Crippen molar-refractivity contribution in [1.82, 2.24) is 9.13 Å². The normalized spacial score (nSPS) is 15.0. The quantitative estimate of drug-likeness (QED) is 0.206. The number of thiazole rings is 1. The summed E-state index contributed by atoms with van der Waals surface area (Å²) in [6, 6.07) is 16.2. The highest BCUT2D eigenvalue weighted by Crippen LogP contribution is 2.36. The second kappa shape index (κ2) is 12.0. The van der Waals surface area contributed by atoms with Crippen molar-refractivity contribution in [2.75, 3.05) is 6.61 Å². The number of hydrogen-bond acceptors (Lipinski definition) is 7. The first-order valence-corrected chi connectivity index (χ1v) is 15.1. The molecule has 43 heavy (non-hydrogen) atoms. The first-order valence-electron chi connectivity index (χ1n) is 14.3. The number of nitrogens with zero attached hydrogens (tertiary/aromatic N) is 3. The van der Waals surface area contributed by atoms with Crippen LogP contribution in [0.15, 0.2) is 75.7 Å². The van der Waals surface area contributed by atoms with E-state index in [1.54, 1.807) is 31.4 Å². The van der Waals surface area contributed by atoms with Gasteiger partial charge in [-0.2, -0.15) is 0 Å². The van der Waals surface area contributed by atoms with Gasteiger partial charge < -0.3 is 14.0 Å². The highest BCUT2D eigenvalue weighted by molar-refractivity contribution is 7.07. The van der Waals surface area contributed by atoms with E-state index < -0.39 is 12.0 Å². The maximum atomic E-state index is 14.2. The lowest BCUT2D eigenvalue weighted by Gasteiger charge is -2.26. The summed E-state index contributed by atoms with van der Waals surface area (Å²) in [7, 11) is 0. The van der Waals surface area contributed by atoms with Crippen molar-refractivity contribution in [3.8, 4) is 11.4 Å². The maximum Gasteiger partial charge on any atom is 0.338 e. The molecule has 0 radical (unpaired) electrons. The van der Waals surface area contributed by atoms with Gasteiger partial charge in [-0.15, -0.1) is 0 Å². The van der Waals surface area contributed by atoms with Crippen LogP contribution in [0.1, 0.15) is 73.5 Å². The summed E-state index contributed by atoms with van der Waals surface area (Å²) in [4.78, 5) is 44.7. The van der Waals surface area contributed by atoms with Gasteiger partial charge in [-0.1, -0.05) is 41.7 Å². The molecule has 0 unspecified atom stereocenters. The smallest absolute Gasteiger partial charge is 0.338 e. The highest BCUT2D eigenvalue weighted by Gasteiger charge is 2.35. The maximum absolute atomic E-state index is 14.2. The summed E-state index contributed by atoms with van der Waals surface area (Å²) in [6.07, 6.45) is 1.76. The van der Waals surface area contributed by atoms with E-state index in [0.29, 0.717) is 37.5 Å². The van der Waals surface area contributed by atoms with E-state index in [2.05, 4.69) is 4.57 Å². The first-order chi connectivity index (χ1) is 20.5. The minimum atomic E-state index is -0.769. The van der Waals surface area contributed by atoms with Crippen molar-refractivity contribution in [2.24, 2.45) is 4.99 Å². The monoisotopic (exact) mass is 597 g/mol. The Labute approximate surface area is 254 Å². The van der Waals surface area contributed by atoms with Gasteiger partial charge in [-0.05, 0) is 84.4 Å². The van der Waals surface area contributed by atoms with Gasteiger partial charge in [0, 0.05) is 28.2 Å². The third-order valence-corrected chi connectivity index (χ3v) is 8.34. The molecule has 0 amide bonds. The Morgan fingerprint density at radius 3 is 2.51 bits per heavy atom.